The van der Waals surface area contributed by atoms with Crippen LogP contribution >= 0.6 is 11.3 Å². The highest BCUT2D eigenvalue weighted by atomic mass is 32.2. The summed E-state index contributed by atoms with van der Waals surface area (Å²) in [6.45, 7) is 12.2. The highest BCUT2D eigenvalue weighted by molar-refractivity contribution is 7.91. The van der Waals surface area contributed by atoms with Crippen LogP contribution in [-0.4, -0.2) is 93.8 Å². The monoisotopic (exact) mass is 848 g/mol. The second kappa shape index (κ2) is 16.1. The van der Waals surface area contributed by atoms with Gasteiger partial charge < -0.3 is 25.4 Å². The maximum Gasteiger partial charge on any atom is 0.490 e. The molecule has 1 saturated heterocycles. The Labute approximate surface area is 338 Å². The van der Waals surface area contributed by atoms with Crippen molar-refractivity contribution in [3.05, 3.63) is 59.8 Å². The SMILES string of the molecule is C=C[C@@H]1C[C@]1(NC(=O)[C@@H]1C[C@@H]2CN1C(=O)[C@H](C(C)C)Nc1nc(cs1)C(C)(C)CCCc1ccc3ccnc(c3c1)O2)C(=O)NS(=O)(=O)C1CC1.O=C(O)C(F)(F)F. The molecule has 58 heavy (non-hydrogen) atoms. The predicted octanol–water partition coefficient (Wildman–Crippen LogP) is 5.09. The van der Waals surface area contributed by atoms with E-state index in [1.54, 1.807) is 12.3 Å². The van der Waals surface area contributed by atoms with Crippen LogP contribution in [0.5, 0.6) is 5.88 Å². The first-order valence-electron chi connectivity index (χ1n) is 19.0. The number of aromatic nitrogens is 2. The number of aliphatic carboxylic acids is 1. The number of ether oxygens (including phenoxy) is 1. The van der Waals surface area contributed by atoms with Crippen molar-refractivity contribution in [2.75, 3.05) is 11.9 Å². The summed E-state index contributed by atoms with van der Waals surface area (Å²) in [6, 6.07) is 6.52. The number of nitrogens with zero attached hydrogens (tertiary/aromatic N) is 3. The molecule has 14 nitrogen and oxygen atoms in total. The fourth-order valence-electron chi connectivity index (χ4n) is 7.33. The number of pyridine rings is 1. The second-order valence-electron chi connectivity index (χ2n) is 16.3. The van der Waals surface area contributed by atoms with Crippen molar-refractivity contribution in [2.45, 2.75) is 113 Å². The molecule has 2 aromatic heterocycles. The molecule has 3 fully saturated rings. The zero-order valence-electron chi connectivity index (χ0n) is 32.5. The smallest absolute Gasteiger partial charge is 0.475 e. The van der Waals surface area contributed by atoms with Crippen molar-refractivity contribution >= 4 is 61.0 Å². The average molecular weight is 849 g/mol. The first kappa shape index (κ1) is 42.8. The lowest BCUT2D eigenvalue weighted by molar-refractivity contribution is -0.192. The van der Waals surface area contributed by atoms with Gasteiger partial charge in [-0.15, -0.1) is 17.9 Å². The highest BCUT2D eigenvalue weighted by Crippen LogP contribution is 2.46. The molecule has 2 aliphatic heterocycles. The summed E-state index contributed by atoms with van der Waals surface area (Å²) in [5.74, 6) is -4.59. The van der Waals surface area contributed by atoms with Crippen LogP contribution in [0.2, 0.25) is 0 Å². The Kier molecular flexibility index (Phi) is 11.9. The van der Waals surface area contributed by atoms with Crippen LogP contribution < -0.4 is 20.1 Å². The Morgan fingerprint density at radius 1 is 1.19 bits per heavy atom. The Morgan fingerprint density at radius 3 is 2.52 bits per heavy atom. The largest absolute Gasteiger partial charge is 0.490 e. The molecule has 2 saturated carbocycles. The van der Waals surface area contributed by atoms with Gasteiger partial charge >= 0.3 is 12.1 Å². The van der Waals surface area contributed by atoms with Crippen molar-refractivity contribution in [3.8, 4) is 5.88 Å². The third-order valence-corrected chi connectivity index (χ3v) is 13.7. The van der Waals surface area contributed by atoms with Crippen molar-refractivity contribution in [3.63, 3.8) is 0 Å². The molecule has 19 heteroatoms. The topological polar surface area (TPSA) is 197 Å². The third-order valence-electron chi connectivity index (χ3n) is 11.1. The number of carbonyl (C=O) groups excluding carboxylic acids is 3. The molecular formula is C39H47F3N6O8S2. The number of anilines is 1. The summed E-state index contributed by atoms with van der Waals surface area (Å²) in [7, 11) is -3.85. The third kappa shape index (κ3) is 9.24. The molecule has 4 heterocycles. The number of nitrogens with one attached hydrogen (secondary N) is 3. The number of rotatable bonds is 7. The lowest BCUT2D eigenvalue weighted by Crippen LogP contribution is -2.58. The molecule has 7 rings (SSSR count). The lowest BCUT2D eigenvalue weighted by Gasteiger charge is -2.31. The van der Waals surface area contributed by atoms with E-state index in [1.807, 2.05) is 25.3 Å². The van der Waals surface area contributed by atoms with Crippen molar-refractivity contribution < 1.29 is 50.6 Å². The minimum atomic E-state index is -5.08. The van der Waals surface area contributed by atoms with E-state index in [9.17, 15) is 36.0 Å². The van der Waals surface area contributed by atoms with Crippen molar-refractivity contribution in [1.82, 2.24) is 24.9 Å². The number of alkyl halides is 3. The maximum atomic E-state index is 14.5. The number of carboxylic acid groups (broad SMARTS) is 1. The zero-order chi connectivity index (χ0) is 42.4. The molecule has 314 valence electrons. The molecular weight excluding hydrogens is 802 g/mol. The first-order valence-corrected chi connectivity index (χ1v) is 21.5. The number of benzene rings is 1. The minimum absolute atomic E-state index is 0.107. The molecule has 2 aliphatic carbocycles. The van der Waals surface area contributed by atoms with Crippen LogP contribution in [0.25, 0.3) is 10.8 Å². The van der Waals surface area contributed by atoms with Gasteiger partial charge in [0.05, 0.1) is 17.5 Å². The van der Waals surface area contributed by atoms with Crippen LogP contribution in [0.3, 0.4) is 0 Å². The Hall–Kier alpha value is -4.78. The standard InChI is InChI=1S/C37H46N6O6S2.C2HF3O2/c1-6-24-18-37(24,34(46)42-51(47,48)26-11-12-26)41-31(44)28-17-25-19-43(28)33(45)30(21(2)3)40-35-39-29(20-50-35)36(4,5)14-7-8-22-9-10-23-13-15-38-32(49-25)27(23)16-22;3-2(4,5)1(6)7/h6,9-10,13,15-16,20-21,24-26,28,30H,1,7-8,11-12,14,17-19H2,2-5H3,(H,39,40)(H,41,44)(H,42,46);(H,6,7)/t24-,25-,28+,30+,37-;/m1./s1. The van der Waals surface area contributed by atoms with E-state index in [2.05, 4.69) is 59.0 Å². The molecule has 0 unspecified atom stereocenters. The Morgan fingerprint density at radius 2 is 1.90 bits per heavy atom. The van der Waals surface area contributed by atoms with Gasteiger partial charge in [-0.25, -0.2) is 23.2 Å². The fraction of sp³-hybridized carbons (Fsp3) is 0.538. The van der Waals surface area contributed by atoms with Gasteiger partial charge in [0.1, 0.15) is 23.7 Å². The first-order chi connectivity index (χ1) is 27.1. The number of carboxylic acids is 1. The van der Waals surface area contributed by atoms with E-state index < -0.39 is 68.9 Å². The number of carbonyl (C=O) groups is 4. The summed E-state index contributed by atoms with van der Waals surface area (Å²) in [5, 5.41) is 17.3. The van der Waals surface area contributed by atoms with Crippen LogP contribution in [0.1, 0.15) is 77.5 Å². The summed E-state index contributed by atoms with van der Waals surface area (Å²) in [5.41, 5.74) is 0.445. The van der Waals surface area contributed by atoms with Gasteiger partial charge in [0.2, 0.25) is 27.7 Å². The van der Waals surface area contributed by atoms with Gasteiger partial charge in [0.25, 0.3) is 5.91 Å². The molecule has 6 bridgehead atoms. The molecule has 5 atom stereocenters. The van der Waals surface area contributed by atoms with Crippen molar-refractivity contribution in [2.24, 2.45) is 11.8 Å². The van der Waals surface area contributed by atoms with Crippen LogP contribution in [0.4, 0.5) is 18.3 Å². The highest BCUT2D eigenvalue weighted by Gasteiger charge is 2.62. The summed E-state index contributed by atoms with van der Waals surface area (Å²) in [4.78, 5) is 62.2. The van der Waals surface area contributed by atoms with Gasteiger partial charge in [0, 0.05) is 34.7 Å². The van der Waals surface area contributed by atoms with E-state index in [4.69, 9.17) is 19.6 Å². The van der Waals surface area contributed by atoms with Crippen LogP contribution in [-0.2, 0) is 41.0 Å². The fourth-order valence-corrected chi connectivity index (χ4v) is 9.63. The Bertz CT molecular complexity index is 2210. The van der Waals surface area contributed by atoms with E-state index in [-0.39, 0.29) is 36.6 Å². The summed E-state index contributed by atoms with van der Waals surface area (Å²) >= 11 is 1.45. The molecule has 3 aromatic rings. The molecule has 0 spiro atoms. The normalized spacial score (nSPS) is 25.7. The number of thiazole rings is 1. The second-order valence-corrected chi connectivity index (χ2v) is 19.1. The molecule has 0 radical (unpaired) electrons. The van der Waals surface area contributed by atoms with Crippen molar-refractivity contribution in [1.29, 1.82) is 0 Å². The quantitative estimate of drug-likeness (QED) is 0.231. The predicted molar refractivity (Wildman–Crippen MR) is 210 cm³/mol. The summed E-state index contributed by atoms with van der Waals surface area (Å²) < 4.78 is 65.9. The number of amides is 3. The Balaban J connectivity index is 0.000000743. The van der Waals surface area contributed by atoms with E-state index in [0.717, 1.165) is 41.3 Å². The number of hydrogen-bond acceptors (Lipinski definition) is 11. The van der Waals surface area contributed by atoms with Gasteiger partial charge in [-0.2, -0.15) is 13.2 Å². The molecule has 4 N–H and O–H groups in total. The van der Waals surface area contributed by atoms with Crippen LogP contribution in [0.15, 0.2) is 48.5 Å². The lowest BCUT2D eigenvalue weighted by atomic mass is 9.84. The van der Waals surface area contributed by atoms with Crippen LogP contribution in [0, 0.1) is 11.8 Å². The molecule has 4 aliphatic rings. The number of fused-ring (bicyclic) bond motifs is 5. The van der Waals surface area contributed by atoms with Gasteiger partial charge in [-0.3, -0.25) is 19.1 Å². The number of hydrogen-bond donors (Lipinski definition) is 4. The number of aryl methyl sites for hydroxylation is 1. The molecule has 1 aromatic carbocycles. The summed E-state index contributed by atoms with van der Waals surface area (Å²) in [6.07, 6.45) is 1.65. The van der Waals surface area contributed by atoms with E-state index in [0.29, 0.717) is 23.9 Å². The number of sulfonamides is 1. The zero-order valence-corrected chi connectivity index (χ0v) is 34.1. The number of halogens is 3. The maximum absolute atomic E-state index is 14.5. The van der Waals surface area contributed by atoms with E-state index in [1.165, 1.54) is 16.2 Å². The van der Waals surface area contributed by atoms with Gasteiger partial charge in [-0.1, -0.05) is 45.9 Å². The molecule has 3 amide bonds. The van der Waals surface area contributed by atoms with Gasteiger partial charge in [-0.05, 0) is 67.5 Å². The van der Waals surface area contributed by atoms with E-state index >= 15 is 0 Å². The average Bonchev–Trinajstić information content (AvgIpc) is 4.03. The van der Waals surface area contributed by atoms with Gasteiger partial charge in [0.15, 0.2) is 5.13 Å². The minimum Gasteiger partial charge on any atom is -0.475 e.